The molecule has 0 spiro atoms. The second kappa shape index (κ2) is 5.14. The van der Waals surface area contributed by atoms with Gasteiger partial charge in [0.1, 0.15) is 0 Å². The van der Waals surface area contributed by atoms with E-state index in [9.17, 15) is 14.9 Å². The SMILES string of the molecule is NC(CNC(=O)c1cccc([N+](=O)[O-])c1)C1CC1. The van der Waals surface area contributed by atoms with Gasteiger partial charge in [0.2, 0.25) is 0 Å². The summed E-state index contributed by atoms with van der Waals surface area (Å²) >= 11 is 0. The number of non-ortho nitro benzene ring substituents is 1. The molecule has 6 nitrogen and oxygen atoms in total. The van der Waals surface area contributed by atoms with Gasteiger partial charge in [-0.05, 0) is 24.8 Å². The average molecular weight is 249 g/mol. The highest BCUT2D eigenvalue weighted by Gasteiger charge is 2.28. The number of amides is 1. The number of hydrogen-bond donors (Lipinski definition) is 2. The lowest BCUT2D eigenvalue weighted by molar-refractivity contribution is -0.384. The molecule has 1 aliphatic carbocycles. The summed E-state index contributed by atoms with van der Waals surface area (Å²) in [4.78, 5) is 21.8. The van der Waals surface area contributed by atoms with Crippen molar-refractivity contribution in [2.24, 2.45) is 11.7 Å². The molecule has 96 valence electrons. The molecule has 1 aromatic carbocycles. The third-order valence-electron chi connectivity index (χ3n) is 3.04. The number of nitrogens with zero attached hydrogens (tertiary/aromatic N) is 1. The quantitative estimate of drug-likeness (QED) is 0.602. The van der Waals surface area contributed by atoms with Gasteiger partial charge in [-0.15, -0.1) is 0 Å². The lowest BCUT2D eigenvalue weighted by Crippen LogP contribution is -2.38. The lowest BCUT2D eigenvalue weighted by Gasteiger charge is -2.11. The smallest absolute Gasteiger partial charge is 0.270 e. The van der Waals surface area contributed by atoms with Crippen LogP contribution in [0.5, 0.6) is 0 Å². The van der Waals surface area contributed by atoms with Gasteiger partial charge in [-0.1, -0.05) is 6.07 Å². The van der Waals surface area contributed by atoms with Gasteiger partial charge in [0, 0.05) is 30.3 Å². The highest BCUT2D eigenvalue weighted by molar-refractivity contribution is 5.94. The van der Waals surface area contributed by atoms with E-state index in [4.69, 9.17) is 5.73 Å². The number of nitrogens with one attached hydrogen (secondary N) is 1. The van der Waals surface area contributed by atoms with Crippen molar-refractivity contribution in [3.8, 4) is 0 Å². The van der Waals surface area contributed by atoms with Crippen molar-refractivity contribution in [2.75, 3.05) is 6.54 Å². The molecule has 0 heterocycles. The number of benzene rings is 1. The van der Waals surface area contributed by atoms with E-state index in [2.05, 4.69) is 5.32 Å². The maximum atomic E-state index is 11.8. The third kappa shape index (κ3) is 3.04. The highest BCUT2D eigenvalue weighted by atomic mass is 16.6. The van der Waals surface area contributed by atoms with E-state index in [0.29, 0.717) is 12.5 Å². The first-order valence-corrected chi connectivity index (χ1v) is 5.86. The molecule has 0 saturated heterocycles. The molecule has 1 atom stereocenters. The summed E-state index contributed by atoms with van der Waals surface area (Å²) < 4.78 is 0. The number of carbonyl (C=O) groups excluding carboxylic acids is 1. The maximum Gasteiger partial charge on any atom is 0.270 e. The van der Waals surface area contributed by atoms with Crippen molar-refractivity contribution in [3.63, 3.8) is 0 Å². The van der Waals surface area contributed by atoms with Crippen molar-refractivity contribution < 1.29 is 9.72 Å². The summed E-state index contributed by atoms with van der Waals surface area (Å²) in [5.74, 6) is 0.185. The molecule has 0 aliphatic heterocycles. The van der Waals surface area contributed by atoms with Crippen LogP contribution in [0, 0.1) is 16.0 Å². The largest absolute Gasteiger partial charge is 0.350 e. The van der Waals surface area contributed by atoms with E-state index in [1.807, 2.05) is 0 Å². The number of carbonyl (C=O) groups is 1. The fourth-order valence-corrected chi connectivity index (χ4v) is 1.76. The van der Waals surface area contributed by atoms with Gasteiger partial charge >= 0.3 is 0 Å². The standard InChI is InChI=1S/C12H15N3O3/c13-11(8-4-5-8)7-14-12(16)9-2-1-3-10(6-9)15(17)18/h1-3,6,8,11H,4-5,7,13H2,(H,14,16). The Hall–Kier alpha value is -1.95. The van der Waals surface area contributed by atoms with E-state index < -0.39 is 4.92 Å². The summed E-state index contributed by atoms with van der Waals surface area (Å²) in [6, 6.07) is 5.64. The van der Waals surface area contributed by atoms with Crippen LogP contribution in [0.4, 0.5) is 5.69 Å². The van der Waals surface area contributed by atoms with Crippen molar-refractivity contribution >= 4 is 11.6 Å². The summed E-state index contributed by atoms with van der Waals surface area (Å²) in [6.45, 7) is 0.409. The monoisotopic (exact) mass is 249 g/mol. The Bertz CT molecular complexity index is 471. The van der Waals surface area contributed by atoms with E-state index in [-0.39, 0.29) is 23.2 Å². The molecule has 1 unspecified atom stereocenters. The molecule has 0 radical (unpaired) electrons. The van der Waals surface area contributed by atoms with Crippen molar-refractivity contribution in [2.45, 2.75) is 18.9 Å². The molecule has 1 amide bonds. The van der Waals surface area contributed by atoms with Gasteiger partial charge in [0.25, 0.3) is 11.6 Å². The van der Waals surface area contributed by atoms with E-state index >= 15 is 0 Å². The fraction of sp³-hybridized carbons (Fsp3) is 0.417. The molecular weight excluding hydrogens is 234 g/mol. The topological polar surface area (TPSA) is 98.3 Å². The Kier molecular flexibility index (Phi) is 3.57. The second-order valence-electron chi connectivity index (χ2n) is 4.52. The predicted octanol–water partition coefficient (Wildman–Crippen LogP) is 1.06. The van der Waals surface area contributed by atoms with E-state index in [1.165, 1.54) is 18.2 Å². The number of nitro benzene ring substituents is 1. The van der Waals surface area contributed by atoms with Crippen LogP contribution in [0.1, 0.15) is 23.2 Å². The molecule has 1 aromatic rings. The molecule has 1 saturated carbocycles. The number of hydrogen-bond acceptors (Lipinski definition) is 4. The van der Waals surface area contributed by atoms with Crippen LogP contribution in [0.15, 0.2) is 24.3 Å². The normalized spacial score (nSPS) is 16.1. The Labute approximate surface area is 104 Å². The second-order valence-corrected chi connectivity index (χ2v) is 4.52. The van der Waals surface area contributed by atoms with Crippen molar-refractivity contribution in [3.05, 3.63) is 39.9 Å². The number of nitrogens with two attached hydrogens (primary N) is 1. The Morgan fingerprint density at radius 2 is 2.28 bits per heavy atom. The maximum absolute atomic E-state index is 11.8. The first kappa shape index (κ1) is 12.5. The van der Waals surface area contributed by atoms with Gasteiger partial charge in [-0.2, -0.15) is 0 Å². The zero-order valence-corrected chi connectivity index (χ0v) is 9.83. The van der Waals surface area contributed by atoms with Crippen LogP contribution in [0.25, 0.3) is 0 Å². The third-order valence-corrected chi connectivity index (χ3v) is 3.04. The number of nitro groups is 1. The van der Waals surface area contributed by atoms with E-state index in [1.54, 1.807) is 6.07 Å². The number of rotatable bonds is 5. The highest BCUT2D eigenvalue weighted by Crippen LogP contribution is 2.31. The molecule has 0 bridgehead atoms. The summed E-state index contributed by atoms with van der Waals surface area (Å²) in [6.07, 6.45) is 2.24. The molecule has 6 heteroatoms. The van der Waals surface area contributed by atoms with Crippen LogP contribution in [0.3, 0.4) is 0 Å². The molecule has 3 N–H and O–H groups in total. The molecule has 1 aliphatic rings. The van der Waals surface area contributed by atoms with E-state index in [0.717, 1.165) is 12.8 Å². The minimum atomic E-state index is -0.521. The van der Waals surface area contributed by atoms with Crippen molar-refractivity contribution in [1.29, 1.82) is 0 Å². The van der Waals surface area contributed by atoms with Crippen LogP contribution in [-0.4, -0.2) is 23.4 Å². The van der Waals surface area contributed by atoms with Crippen LogP contribution in [-0.2, 0) is 0 Å². The van der Waals surface area contributed by atoms with Gasteiger partial charge in [-0.25, -0.2) is 0 Å². The van der Waals surface area contributed by atoms with Gasteiger partial charge in [-0.3, -0.25) is 14.9 Å². The first-order chi connectivity index (χ1) is 8.58. The van der Waals surface area contributed by atoms with Gasteiger partial charge in [0.15, 0.2) is 0 Å². The molecule has 1 fully saturated rings. The summed E-state index contributed by atoms with van der Waals surface area (Å²) in [5, 5.41) is 13.3. The summed E-state index contributed by atoms with van der Waals surface area (Å²) in [7, 11) is 0. The zero-order chi connectivity index (χ0) is 13.1. The molecule has 0 aromatic heterocycles. The minimum Gasteiger partial charge on any atom is -0.350 e. The van der Waals surface area contributed by atoms with Gasteiger partial charge < -0.3 is 11.1 Å². The van der Waals surface area contributed by atoms with Crippen LogP contribution < -0.4 is 11.1 Å². The van der Waals surface area contributed by atoms with Crippen molar-refractivity contribution in [1.82, 2.24) is 5.32 Å². The van der Waals surface area contributed by atoms with Crippen LogP contribution >= 0.6 is 0 Å². The van der Waals surface area contributed by atoms with Crippen LogP contribution in [0.2, 0.25) is 0 Å². The molecule has 2 rings (SSSR count). The molecule has 18 heavy (non-hydrogen) atoms. The Morgan fingerprint density at radius 3 is 2.89 bits per heavy atom. The first-order valence-electron chi connectivity index (χ1n) is 5.86. The summed E-state index contributed by atoms with van der Waals surface area (Å²) in [5.41, 5.74) is 6.06. The predicted molar refractivity (Wildman–Crippen MR) is 66.1 cm³/mol. The lowest BCUT2D eigenvalue weighted by atomic mass is 10.1. The average Bonchev–Trinajstić information content (AvgIpc) is 3.20. The molecular formula is C12H15N3O3. The fourth-order valence-electron chi connectivity index (χ4n) is 1.76. The van der Waals surface area contributed by atoms with Gasteiger partial charge in [0.05, 0.1) is 4.92 Å². The Morgan fingerprint density at radius 1 is 1.56 bits per heavy atom. The Balaban J connectivity index is 1.95. The minimum absolute atomic E-state index is 0.0207. The zero-order valence-electron chi connectivity index (χ0n) is 9.83.